The number of ether oxygens (including phenoxy) is 1. The standard InChI is InChI=1S/C17H17Cl2NO5S/c18-14-4-1-5-15(19)17(14)25-10-16(21)20(9-13-3-2-7-24-13)12-6-8-26(22,23)11-12/h1-5,7,12H,6,8-11H2/t12-/m0/s1. The van der Waals surface area contributed by atoms with Crippen LogP contribution in [0, 0.1) is 0 Å². The minimum atomic E-state index is -3.14. The van der Waals surface area contributed by atoms with E-state index in [0.29, 0.717) is 22.2 Å². The molecule has 1 aromatic carbocycles. The molecule has 2 heterocycles. The number of carbonyl (C=O) groups is 1. The summed E-state index contributed by atoms with van der Waals surface area (Å²) in [7, 11) is -3.14. The highest BCUT2D eigenvalue weighted by Crippen LogP contribution is 2.32. The van der Waals surface area contributed by atoms with Gasteiger partial charge in [0.15, 0.2) is 22.2 Å². The van der Waals surface area contributed by atoms with Gasteiger partial charge < -0.3 is 14.1 Å². The Morgan fingerprint density at radius 3 is 2.54 bits per heavy atom. The van der Waals surface area contributed by atoms with E-state index in [-0.39, 0.29) is 36.3 Å². The second-order valence-corrected chi connectivity index (χ2v) is 9.04. The first-order chi connectivity index (χ1) is 12.4. The lowest BCUT2D eigenvalue weighted by Gasteiger charge is -2.27. The molecule has 0 spiro atoms. The van der Waals surface area contributed by atoms with Crippen molar-refractivity contribution < 1.29 is 22.4 Å². The quantitative estimate of drug-likeness (QED) is 0.720. The number of amides is 1. The van der Waals surface area contributed by atoms with Crippen LogP contribution in [-0.2, 0) is 21.2 Å². The number of halogens is 2. The molecule has 1 fully saturated rings. The van der Waals surface area contributed by atoms with Crippen LogP contribution in [-0.4, -0.2) is 43.4 Å². The Hall–Kier alpha value is -1.70. The van der Waals surface area contributed by atoms with E-state index in [1.807, 2.05) is 0 Å². The summed E-state index contributed by atoms with van der Waals surface area (Å²) in [6.07, 6.45) is 1.89. The lowest BCUT2D eigenvalue weighted by atomic mass is 10.2. The van der Waals surface area contributed by atoms with Crippen LogP contribution in [0.15, 0.2) is 41.0 Å². The van der Waals surface area contributed by atoms with Crippen LogP contribution in [0.1, 0.15) is 12.2 Å². The summed E-state index contributed by atoms with van der Waals surface area (Å²) in [5.41, 5.74) is 0. The smallest absolute Gasteiger partial charge is 0.261 e. The Labute approximate surface area is 161 Å². The van der Waals surface area contributed by atoms with E-state index in [9.17, 15) is 13.2 Å². The zero-order chi connectivity index (χ0) is 18.7. The molecule has 0 radical (unpaired) electrons. The number of sulfone groups is 1. The molecule has 0 bridgehead atoms. The minimum Gasteiger partial charge on any atom is -0.481 e. The van der Waals surface area contributed by atoms with Crippen LogP contribution in [0.4, 0.5) is 0 Å². The van der Waals surface area contributed by atoms with Gasteiger partial charge in [-0.1, -0.05) is 29.3 Å². The van der Waals surface area contributed by atoms with Gasteiger partial charge in [-0.3, -0.25) is 4.79 Å². The summed E-state index contributed by atoms with van der Waals surface area (Å²) in [6, 6.07) is 7.92. The molecule has 1 amide bonds. The molecule has 1 aromatic heterocycles. The van der Waals surface area contributed by atoms with Crippen molar-refractivity contribution >= 4 is 38.9 Å². The highest BCUT2D eigenvalue weighted by atomic mass is 35.5. The van der Waals surface area contributed by atoms with Crippen LogP contribution in [0.2, 0.25) is 10.0 Å². The summed E-state index contributed by atoms with van der Waals surface area (Å²) in [5, 5.41) is 0.595. The maximum atomic E-state index is 12.7. The molecule has 1 aliphatic heterocycles. The van der Waals surface area contributed by atoms with Gasteiger partial charge in [0, 0.05) is 6.04 Å². The number of hydrogen-bond donors (Lipinski definition) is 0. The number of carbonyl (C=O) groups excluding carboxylic acids is 1. The van der Waals surface area contributed by atoms with Gasteiger partial charge in [-0.2, -0.15) is 0 Å². The molecule has 1 atom stereocenters. The Kier molecular flexibility index (Phi) is 5.79. The maximum absolute atomic E-state index is 12.7. The molecule has 1 aliphatic rings. The maximum Gasteiger partial charge on any atom is 0.261 e. The number of rotatable bonds is 6. The molecule has 9 heteroatoms. The highest BCUT2D eigenvalue weighted by molar-refractivity contribution is 7.91. The van der Waals surface area contributed by atoms with Crippen LogP contribution in [0.3, 0.4) is 0 Å². The number of benzene rings is 1. The normalized spacial score (nSPS) is 18.6. The predicted molar refractivity (Wildman–Crippen MR) is 98.3 cm³/mol. The van der Waals surface area contributed by atoms with E-state index in [0.717, 1.165) is 0 Å². The van der Waals surface area contributed by atoms with Gasteiger partial charge in [0.05, 0.1) is 34.4 Å². The van der Waals surface area contributed by atoms with Gasteiger partial charge >= 0.3 is 0 Å². The average Bonchev–Trinajstić information content (AvgIpc) is 3.21. The Morgan fingerprint density at radius 2 is 1.96 bits per heavy atom. The first-order valence-corrected chi connectivity index (χ1v) is 10.5. The van der Waals surface area contributed by atoms with Crippen molar-refractivity contribution in [2.24, 2.45) is 0 Å². The molecule has 0 unspecified atom stereocenters. The van der Waals surface area contributed by atoms with Crippen molar-refractivity contribution in [2.75, 3.05) is 18.1 Å². The predicted octanol–water partition coefficient (Wildman–Crippen LogP) is 3.18. The monoisotopic (exact) mass is 417 g/mol. The third kappa shape index (κ3) is 4.52. The molecule has 0 aliphatic carbocycles. The van der Waals surface area contributed by atoms with Gasteiger partial charge in [0.25, 0.3) is 5.91 Å². The van der Waals surface area contributed by atoms with Crippen molar-refractivity contribution in [3.63, 3.8) is 0 Å². The van der Waals surface area contributed by atoms with Crippen molar-refractivity contribution in [1.29, 1.82) is 0 Å². The molecule has 26 heavy (non-hydrogen) atoms. The Balaban J connectivity index is 1.74. The lowest BCUT2D eigenvalue weighted by molar-refractivity contribution is -0.136. The number of hydrogen-bond acceptors (Lipinski definition) is 5. The average molecular weight is 418 g/mol. The first kappa shape index (κ1) is 19.1. The molecule has 1 saturated heterocycles. The van der Waals surface area contributed by atoms with Crippen LogP contribution in [0.5, 0.6) is 5.75 Å². The summed E-state index contributed by atoms with van der Waals surface area (Å²) in [4.78, 5) is 14.2. The summed E-state index contributed by atoms with van der Waals surface area (Å²) in [6.45, 7) is -0.133. The van der Waals surface area contributed by atoms with Crippen molar-refractivity contribution in [3.8, 4) is 5.75 Å². The molecule has 140 valence electrons. The van der Waals surface area contributed by atoms with Gasteiger partial charge in [0.1, 0.15) is 5.76 Å². The first-order valence-electron chi connectivity index (χ1n) is 7.95. The SMILES string of the molecule is O=C(COc1c(Cl)cccc1Cl)N(Cc1ccco1)[C@H]1CCS(=O)(=O)C1. The van der Waals surface area contributed by atoms with E-state index in [4.69, 9.17) is 32.4 Å². The fraction of sp³-hybridized carbons (Fsp3) is 0.353. The molecule has 0 saturated carbocycles. The third-order valence-electron chi connectivity index (χ3n) is 4.13. The van der Waals surface area contributed by atoms with Gasteiger partial charge in [-0.05, 0) is 30.7 Å². The van der Waals surface area contributed by atoms with Gasteiger partial charge in [-0.25, -0.2) is 8.42 Å². The molecule has 3 rings (SSSR count). The summed E-state index contributed by atoms with van der Waals surface area (Å²) < 4.78 is 34.4. The molecule has 2 aromatic rings. The van der Waals surface area contributed by atoms with Crippen LogP contribution >= 0.6 is 23.2 Å². The third-order valence-corrected chi connectivity index (χ3v) is 6.48. The van der Waals surface area contributed by atoms with Crippen molar-refractivity contribution in [2.45, 2.75) is 19.0 Å². The van der Waals surface area contributed by atoms with E-state index in [2.05, 4.69) is 0 Å². The number of nitrogens with zero attached hydrogens (tertiary/aromatic N) is 1. The molecular weight excluding hydrogens is 401 g/mol. The second-order valence-electron chi connectivity index (χ2n) is 6.00. The molecule has 0 N–H and O–H groups in total. The van der Waals surface area contributed by atoms with Gasteiger partial charge in [-0.15, -0.1) is 0 Å². The minimum absolute atomic E-state index is 0.0632. The summed E-state index contributed by atoms with van der Waals surface area (Å²) >= 11 is 12.1. The van der Waals surface area contributed by atoms with E-state index < -0.39 is 15.9 Å². The molecular formula is C17H17Cl2NO5S. The largest absolute Gasteiger partial charge is 0.481 e. The topological polar surface area (TPSA) is 76.8 Å². The number of para-hydroxylation sites is 1. The van der Waals surface area contributed by atoms with E-state index in [1.54, 1.807) is 30.3 Å². The zero-order valence-corrected chi connectivity index (χ0v) is 16.1. The Morgan fingerprint density at radius 1 is 1.23 bits per heavy atom. The van der Waals surface area contributed by atoms with Crippen LogP contribution in [0.25, 0.3) is 0 Å². The second kappa shape index (κ2) is 7.90. The van der Waals surface area contributed by atoms with Crippen molar-refractivity contribution in [1.82, 2.24) is 4.90 Å². The summed E-state index contributed by atoms with van der Waals surface area (Å²) in [5.74, 6) is 0.433. The van der Waals surface area contributed by atoms with Gasteiger partial charge in [0.2, 0.25) is 0 Å². The number of furan rings is 1. The van der Waals surface area contributed by atoms with Crippen LogP contribution < -0.4 is 4.74 Å². The van der Waals surface area contributed by atoms with Crippen molar-refractivity contribution in [3.05, 3.63) is 52.4 Å². The Bertz CT molecular complexity index is 862. The van der Waals surface area contributed by atoms with E-state index >= 15 is 0 Å². The molecule has 6 nitrogen and oxygen atoms in total. The zero-order valence-electron chi connectivity index (χ0n) is 13.7. The fourth-order valence-electron chi connectivity index (χ4n) is 2.85. The lowest BCUT2D eigenvalue weighted by Crippen LogP contribution is -2.43. The fourth-order valence-corrected chi connectivity index (χ4v) is 5.09. The van der Waals surface area contributed by atoms with E-state index in [1.165, 1.54) is 11.2 Å². The highest BCUT2D eigenvalue weighted by Gasteiger charge is 2.35.